The molecule has 2 aromatic rings. The molecule has 1 aliphatic carbocycles. The molecule has 1 aromatic carbocycles. The van der Waals surface area contributed by atoms with E-state index in [4.69, 9.17) is 4.74 Å². The Morgan fingerprint density at radius 3 is 2.74 bits per heavy atom. The second-order valence-corrected chi connectivity index (χ2v) is 9.51. The molecule has 7 nitrogen and oxygen atoms in total. The third-order valence-corrected chi connectivity index (χ3v) is 6.82. The third kappa shape index (κ3) is 5.37. The summed E-state index contributed by atoms with van der Waals surface area (Å²) in [6.07, 6.45) is 6.50. The van der Waals surface area contributed by atoms with Crippen molar-refractivity contribution in [1.29, 1.82) is 0 Å². The minimum absolute atomic E-state index is 0.149. The van der Waals surface area contributed by atoms with Crippen LogP contribution in [0.15, 0.2) is 42.6 Å². The number of halogens is 1. The Balaban J connectivity index is 1.64. The molecule has 2 heterocycles. The Morgan fingerprint density at radius 2 is 2.09 bits per heavy atom. The van der Waals surface area contributed by atoms with Gasteiger partial charge in [-0.05, 0) is 67.7 Å². The first-order valence-corrected chi connectivity index (χ1v) is 12.1. The number of benzene rings is 1. The molecule has 0 unspecified atom stereocenters. The molecule has 3 atom stereocenters. The summed E-state index contributed by atoms with van der Waals surface area (Å²) in [5.74, 6) is -0.804. The van der Waals surface area contributed by atoms with E-state index in [9.17, 15) is 19.1 Å². The van der Waals surface area contributed by atoms with Gasteiger partial charge in [0, 0.05) is 31.3 Å². The monoisotopic (exact) mass is 481 g/mol. The largest absolute Gasteiger partial charge is 0.472 e. The molecule has 1 N–H and O–H groups in total. The Morgan fingerprint density at radius 1 is 1.34 bits per heavy atom. The van der Waals surface area contributed by atoms with Crippen molar-refractivity contribution in [2.45, 2.75) is 45.3 Å². The average molecular weight is 482 g/mol. The van der Waals surface area contributed by atoms with Crippen LogP contribution in [0.5, 0.6) is 5.88 Å². The van der Waals surface area contributed by atoms with Crippen molar-refractivity contribution in [3.63, 3.8) is 0 Å². The molecular weight excluding hydrogens is 449 g/mol. The summed E-state index contributed by atoms with van der Waals surface area (Å²) in [6.45, 7) is 4.20. The first-order chi connectivity index (χ1) is 16.8. The van der Waals surface area contributed by atoms with Crippen molar-refractivity contribution in [2.75, 3.05) is 26.7 Å². The van der Waals surface area contributed by atoms with E-state index in [2.05, 4.69) is 11.1 Å². The van der Waals surface area contributed by atoms with Crippen molar-refractivity contribution < 1.29 is 23.8 Å². The summed E-state index contributed by atoms with van der Waals surface area (Å²) in [6, 6.07) is 6.87. The highest BCUT2D eigenvalue weighted by Crippen LogP contribution is 2.32. The lowest BCUT2D eigenvalue weighted by Gasteiger charge is -2.37. The number of carbonyl (C=O) groups excluding carboxylic acids is 2. The van der Waals surface area contributed by atoms with Crippen LogP contribution in [0, 0.1) is 11.7 Å². The fourth-order valence-corrected chi connectivity index (χ4v) is 4.59. The number of pyridine rings is 1. The quantitative estimate of drug-likeness (QED) is 0.679. The summed E-state index contributed by atoms with van der Waals surface area (Å²) in [4.78, 5) is 34.2. The first kappa shape index (κ1) is 24.9. The van der Waals surface area contributed by atoms with Crippen molar-refractivity contribution in [3.8, 4) is 5.88 Å². The highest BCUT2D eigenvalue weighted by atomic mass is 19.1. The van der Waals surface area contributed by atoms with E-state index >= 15 is 0 Å². The van der Waals surface area contributed by atoms with Crippen LogP contribution < -0.4 is 4.74 Å². The van der Waals surface area contributed by atoms with Crippen LogP contribution in [-0.2, 0) is 0 Å². The minimum Gasteiger partial charge on any atom is -0.472 e. The molecule has 35 heavy (non-hydrogen) atoms. The third-order valence-electron chi connectivity index (χ3n) is 6.82. The van der Waals surface area contributed by atoms with E-state index in [0.29, 0.717) is 17.7 Å². The van der Waals surface area contributed by atoms with Gasteiger partial charge in [0.25, 0.3) is 11.8 Å². The number of hydrogen-bond acceptors (Lipinski definition) is 5. The van der Waals surface area contributed by atoms with E-state index in [0.717, 1.165) is 24.8 Å². The standard InChI is InChI=1S/C27H32FN3O4/c1-17-14-31(18(2)16-32)27(34)23-12-21(19-6-4-5-7-19)13-29-25(23)35-24(17)15-30(3)26(33)20-8-10-22(28)11-9-20/h6,8-13,17-18,24,32H,4-5,7,14-16H2,1-3H3/t17-,18+,24-/m1/s1. The molecule has 0 bridgehead atoms. The van der Waals surface area contributed by atoms with Crippen molar-refractivity contribution in [2.24, 2.45) is 5.92 Å². The van der Waals surface area contributed by atoms with Gasteiger partial charge < -0.3 is 19.6 Å². The molecule has 0 saturated carbocycles. The maximum atomic E-state index is 13.5. The zero-order valence-corrected chi connectivity index (χ0v) is 20.4. The normalized spacial score (nSPS) is 20.9. The van der Waals surface area contributed by atoms with Gasteiger partial charge in [-0.25, -0.2) is 9.37 Å². The van der Waals surface area contributed by atoms with Gasteiger partial charge in [-0.15, -0.1) is 0 Å². The number of carbonyl (C=O) groups is 2. The first-order valence-electron chi connectivity index (χ1n) is 12.1. The summed E-state index contributed by atoms with van der Waals surface area (Å²) in [5, 5.41) is 9.83. The van der Waals surface area contributed by atoms with Crippen LogP contribution >= 0.6 is 0 Å². The molecule has 0 radical (unpaired) electrons. The number of likely N-dealkylation sites (N-methyl/N-ethyl adjacent to an activating group) is 1. The number of ether oxygens (including phenoxy) is 1. The maximum Gasteiger partial charge on any atom is 0.259 e. The van der Waals surface area contributed by atoms with Gasteiger partial charge in [-0.3, -0.25) is 9.59 Å². The van der Waals surface area contributed by atoms with Gasteiger partial charge in [0.15, 0.2) is 0 Å². The van der Waals surface area contributed by atoms with Gasteiger partial charge in [0.2, 0.25) is 5.88 Å². The predicted molar refractivity (Wildman–Crippen MR) is 131 cm³/mol. The lowest BCUT2D eigenvalue weighted by atomic mass is 9.99. The molecule has 0 spiro atoms. The van der Waals surface area contributed by atoms with E-state index in [1.54, 1.807) is 18.1 Å². The van der Waals surface area contributed by atoms with Gasteiger partial charge >= 0.3 is 0 Å². The minimum atomic E-state index is -0.450. The topological polar surface area (TPSA) is 83.0 Å². The molecular formula is C27H32FN3O4. The van der Waals surface area contributed by atoms with E-state index in [1.165, 1.54) is 34.7 Å². The average Bonchev–Trinajstić information content (AvgIpc) is 3.40. The lowest BCUT2D eigenvalue weighted by molar-refractivity contribution is 0.0313. The molecule has 2 amide bonds. The Kier molecular flexibility index (Phi) is 7.50. The highest BCUT2D eigenvalue weighted by molar-refractivity contribution is 5.97. The van der Waals surface area contributed by atoms with Crippen molar-refractivity contribution in [1.82, 2.24) is 14.8 Å². The molecule has 186 valence electrons. The number of aliphatic hydroxyl groups is 1. The van der Waals surface area contributed by atoms with Crippen molar-refractivity contribution >= 4 is 17.4 Å². The number of amides is 2. The lowest BCUT2D eigenvalue weighted by Crippen LogP contribution is -2.50. The summed E-state index contributed by atoms with van der Waals surface area (Å²) < 4.78 is 19.6. The van der Waals surface area contributed by atoms with Gasteiger partial charge in [0.1, 0.15) is 17.5 Å². The molecule has 1 aliphatic heterocycles. The smallest absolute Gasteiger partial charge is 0.259 e. The van der Waals surface area contributed by atoms with Crippen LogP contribution in [0.4, 0.5) is 4.39 Å². The number of fused-ring (bicyclic) bond motifs is 1. The number of hydrogen-bond donors (Lipinski definition) is 1. The molecule has 1 aromatic heterocycles. The highest BCUT2D eigenvalue weighted by Gasteiger charge is 2.35. The van der Waals surface area contributed by atoms with E-state index < -0.39 is 11.9 Å². The molecule has 0 fully saturated rings. The zero-order valence-electron chi connectivity index (χ0n) is 20.4. The van der Waals surface area contributed by atoms with Gasteiger partial charge in [0.05, 0.1) is 19.2 Å². The number of aliphatic hydroxyl groups excluding tert-OH is 1. The van der Waals surface area contributed by atoms with Crippen LogP contribution in [0.2, 0.25) is 0 Å². The summed E-state index contributed by atoms with van der Waals surface area (Å²) in [7, 11) is 1.67. The summed E-state index contributed by atoms with van der Waals surface area (Å²) >= 11 is 0. The van der Waals surface area contributed by atoms with E-state index in [-0.39, 0.29) is 42.8 Å². The fourth-order valence-electron chi connectivity index (χ4n) is 4.59. The number of allylic oxidation sites excluding steroid dienone is 2. The number of rotatable bonds is 6. The van der Waals surface area contributed by atoms with Crippen LogP contribution in [-0.4, -0.2) is 70.6 Å². The molecule has 2 aliphatic rings. The Labute approximate surface area is 205 Å². The zero-order chi connectivity index (χ0) is 25.1. The number of nitrogens with zero attached hydrogens (tertiary/aromatic N) is 3. The van der Waals surface area contributed by atoms with E-state index in [1.807, 2.05) is 19.9 Å². The van der Waals surface area contributed by atoms with Crippen molar-refractivity contribution in [3.05, 3.63) is 65.1 Å². The van der Waals surface area contributed by atoms with Gasteiger partial charge in [-0.1, -0.05) is 13.0 Å². The molecule has 8 heteroatoms. The van der Waals surface area contributed by atoms with Crippen LogP contribution in [0.25, 0.3) is 5.57 Å². The Hall–Kier alpha value is -3.26. The number of aromatic nitrogens is 1. The second-order valence-electron chi connectivity index (χ2n) is 9.51. The fraction of sp³-hybridized carbons (Fsp3) is 0.444. The second kappa shape index (κ2) is 10.6. The maximum absolute atomic E-state index is 13.5. The van der Waals surface area contributed by atoms with Crippen LogP contribution in [0.1, 0.15) is 59.4 Å². The summed E-state index contributed by atoms with van der Waals surface area (Å²) in [5.41, 5.74) is 2.82. The predicted octanol–water partition coefficient (Wildman–Crippen LogP) is 3.78. The molecule has 4 rings (SSSR count). The van der Waals surface area contributed by atoms with Gasteiger partial charge in [-0.2, -0.15) is 0 Å². The SMILES string of the molecule is C[C@@H]1CN([C@@H](C)CO)C(=O)c2cc(C3=CCCC3)cnc2O[C@@H]1CN(C)C(=O)c1ccc(F)cc1. The Bertz CT molecular complexity index is 1120. The van der Waals surface area contributed by atoms with Crippen LogP contribution in [0.3, 0.4) is 0 Å². The molecule has 0 saturated heterocycles.